The predicted molar refractivity (Wildman–Crippen MR) is 105 cm³/mol. The van der Waals surface area contributed by atoms with Crippen molar-refractivity contribution in [3.63, 3.8) is 0 Å². The first kappa shape index (κ1) is 17.0. The Hall–Kier alpha value is -3.44. The fourth-order valence-corrected chi connectivity index (χ4v) is 3.25. The summed E-state index contributed by atoms with van der Waals surface area (Å²) in [6.45, 7) is 0. The maximum Gasteiger partial charge on any atom is 0.141 e. The molecule has 0 unspecified atom stereocenters. The lowest BCUT2D eigenvalue weighted by Crippen LogP contribution is -2.02. The van der Waals surface area contributed by atoms with Crippen LogP contribution in [0.5, 0.6) is 5.75 Å². The zero-order valence-corrected chi connectivity index (χ0v) is 15.8. The highest BCUT2D eigenvalue weighted by Crippen LogP contribution is 2.31. The lowest BCUT2D eigenvalue weighted by Gasteiger charge is -2.12. The van der Waals surface area contributed by atoms with Gasteiger partial charge in [-0.05, 0) is 24.3 Å². The van der Waals surface area contributed by atoms with Crippen molar-refractivity contribution >= 4 is 32.7 Å². The van der Waals surface area contributed by atoms with E-state index in [-0.39, 0.29) is 0 Å². The zero-order chi connectivity index (χ0) is 18.8. The molecule has 1 aromatic carbocycles. The van der Waals surface area contributed by atoms with Crippen molar-refractivity contribution in [1.29, 1.82) is 5.26 Å². The van der Waals surface area contributed by atoms with Gasteiger partial charge in [-0.15, -0.1) is 0 Å². The van der Waals surface area contributed by atoms with E-state index in [2.05, 4.69) is 42.0 Å². The number of nitriles is 1. The molecule has 0 atom stereocenters. The van der Waals surface area contributed by atoms with Crippen molar-refractivity contribution in [3.8, 4) is 23.1 Å². The van der Waals surface area contributed by atoms with E-state index in [1.807, 2.05) is 36.7 Å². The molecule has 0 fully saturated rings. The summed E-state index contributed by atoms with van der Waals surface area (Å²) in [6.07, 6.45) is 8.31. The van der Waals surface area contributed by atoms with Crippen LogP contribution in [0.15, 0.2) is 59.7 Å². The van der Waals surface area contributed by atoms with Crippen LogP contribution in [0.4, 0.5) is 0 Å². The maximum absolute atomic E-state index is 9.28. The molecule has 0 aliphatic heterocycles. The number of allylic oxidation sites excluding steroid dienone is 1. The minimum absolute atomic E-state index is 0.598. The van der Waals surface area contributed by atoms with E-state index in [1.54, 1.807) is 18.0 Å². The molecule has 0 aliphatic carbocycles. The molecule has 0 aliphatic rings. The van der Waals surface area contributed by atoms with Gasteiger partial charge in [0.05, 0.1) is 30.8 Å². The molecule has 132 valence electrons. The van der Waals surface area contributed by atoms with E-state index < -0.39 is 0 Å². The third-order valence-corrected chi connectivity index (χ3v) is 4.59. The Kier molecular flexibility index (Phi) is 4.44. The number of benzene rings is 1. The summed E-state index contributed by atoms with van der Waals surface area (Å²) in [4.78, 5) is 11.7. The standard InChI is InChI=1S/C19H13BrN6O/c1-27-17-3-2-13(20)8-15(17)16(4-6-21)26-10-12(9-25-26)18-14-5-7-22-19(14)24-11-23-18/h2-5,7-11H,1H3,(H,22,23,24). The SMILES string of the molecule is COc1ccc(Br)cc1C(=CC#N)n1cc(-c2ncnc3[nH]ccc23)cn1. The first-order valence-electron chi connectivity index (χ1n) is 7.98. The van der Waals surface area contributed by atoms with Crippen molar-refractivity contribution in [1.82, 2.24) is 24.7 Å². The second-order valence-corrected chi connectivity index (χ2v) is 6.55. The van der Waals surface area contributed by atoms with Gasteiger partial charge in [0.2, 0.25) is 0 Å². The summed E-state index contributed by atoms with van der Waals surface area (Å²) in [5.41, 5.74) is 3.69. The Bertz CT molecular complexity index is 1200. The van der Waals surface area contributed by atoms with E-state index in [0.717, 1.165) is 32.3 Å². The van der Waals surface area contributed by atoms with Crippen LogP contribution in [-0.4, -0.2) is 31.8 Å². The summed E-state index contributed by atoms with van der Waals surface area (Å²) < 4.78 is 7.97. The largest absolute Gasteiger partial charge is 0.496 e. The molecule has 7 nitrogen and oxygen atoms in total. The molecule has 8 heteroatoms. The quantitative estimate of drug-likeness (QED) is 0.503. The van der Waals surface area contributed by atoms with Crippen LogP contribution in [0.2, 0.25) is 0 Å². The highest BCUT2D eigenvalue weighted by molar-refractivity contribution is 9.10. The molecule has 0 radical (unpaired) electrons. The Labute approximate surface area is 163 Å². The molecular formula is C19H13BrN6O. The molecule has 4 aromatic rings. The molecule has 3 heterocycles. The number of hydrogen-bond donors (Lipinski definition) is 1. The molecule has 0 saturated carbocycles. The number of H-pyrrole nitrogens is 1. The average molecular weight is 421 g/mol. The number of aromatic amines is 1. The molecule has 27 heavy (non-hydrogen) atoms. The Morgan fingerprint density at radius 2 is 2.22 bits per heavy atom. The molecule has 3 aromatic heterocycles. The molecular weight excluding hydrogens is 408 g/mol. The summed E-state index contributed by atoms with van der Waals surface area (Å²) in [5.74, 6) is 0.645. The number of rotatable bonds is 4. The van der Waals surface area contributed by atoms with Gasteiger partial charge in [-0.3, -0.25) is 0 Å². The van der Waals surface area contributed by atoms with E-state index >= 15 is 0 Å². The number of halogens is 1. The minimum atomic E-state index is 0.598. The number of methoxy groups -OCH3 is 1. The number of aromatic nitrogens is 5. The molecule has 0 spiro atoms. The van der Waals surface area contributed by atoms with Crippen molar-refractivity contribution in [2.45, 2.75) is 0 Å². The maximum atomic E-state index is 9.28. The second kappa shape index (κ2) is 7.05. The monoisotopic (exact) mass is 420 g/mol. The van der Waals surface area contributed by atoms with Gasteiger partial charge in [-0.25, -0.2) is 14.6 Å². The van der Waals surface area contributed by atoms with Crippen molar-refractivity contribution < 1.29 is 4.74 Å². The minimum Gasteiger partial charge on any atom is -0.496 e. The number of ether oxygens (including phenoxy) is 1. The van der Waals surface area contributed by atoms with Gasteiger partial charge in [0.25, 0.3) is 0 Å². The van der Waals surface area contributed by atoms with Crippen LogP contribution >= 0.6 is 15.9 Å². The number of nitrogens with zero attached hydrogens (tertiary/aromatic N) is 5. The lowest BCUT2D eigenvalue weighted by molar-refractivity contribution is 0.413. The zero-order valence-electron chi connectivity index (χ0n) is 14.2. The van der Waals surface area contributed by atoms with E-state index in [1.165, 1.54) is 12.4 Å². The first-order chi connectivity index (χ1) is 13.2. The average Bonchev–Trinajstić information content (AvgIpc) is 3.35. The third-order valence-electron chi connectivity index (χ3n) is 4.10. The van der Waals surface area contributed by atoms with Crippen LogP contribution in [-0.2, 0) is 0 Å². The van der Waals surface area contributed by atoms with Gasteiger partial charge in [0.15, 0.2) is 0 Å². The van der Waals surface area contributed by atoms with E-state index in [4.69, 9.17) is 4.74 Å². The highest BCUT2D eigenvalue weighted by atomic mass is 79.9. The topological polar surface area (TPSA) is 92.4 Å². The predicted octanol–water partition coefficient (Wildman–Crippen LogP) is 4.01. The molecule has 0 bridgehead atoms. The van der Waals surface area contributed by atoms with Gasteiger partial charge in [0.1, 0.15) is 17.7 Å². The molecule has 0 saturated heterocycles. The van der Waals surface area contributed by atoms with Crippen molar-refractivity contribution in [2.24, 2.45) is 0 Å². The molecule has 1 N–H and O–H groups in total. The summed E-state index contributed by atoms with van der Waals surface area (Å²) in [7, 11) is 1.59. The van der Waals surface area contributed by atoms with Crippen LogP contribution in [0, 0.1) is 11.3 Å². The second-order valence-electron chi connectivity index (χ2n) is 5.64. The highest BCUT2D eigenvalue weighted by Gasteiger charge is 2.15. The van der Waals surface area contributed by atoms with Crippen LogP contribution in [0.1, 0.15) is 5.56 Å². The van der Waals surface area contributed by atoms with Gasteiger partial charge in [-0.1, -0.05) is 15.9 Å². The molecule has 0 amide bonds. The first-order valence-corrected chi connectivity index (χ1v) is 8.77. The lowest BCUT2D eigenvalue weighted by atomic mass is 10.1. The van der Waals surface area contributed by atoms with E-state index in [9.17, 15) is 5.26 Å². The van der Waals surface area contributed by atoms with Crippen molar-refractivity contribution in [2.75, 3.05) is 7.11 Å². The number of fused-ring (bicyclic) bond motifs is 1. The third kappa shape index (κ3) is 3.09. The molecule has 4 rings (SSSR count). The normalized spacial score (nSPS) is 11.5. The van der Waals surface area contributed by atoms with Gasteiger partial charge >= 0.3 is 0 Å². The fourth-order valence-electron chi connectivity index (χ4n) is 2.89. The Balaban J connectivity index is 1.84. The Morgan fingerprint density at radius 3 is 3.04 bits per heavy atom. The summed E-state index contributed by atoms with van der Waals surface area (Å²) in [5, 5.41) is 14.6. The van der Waals surface area contributed by atoms with E-state index in [0.29, 0.717) is 11.4 Å². The van der Waals surface area contributed by atoms with Crippen LogP contribution in [0.3, 0.4) is 0 Å². The summed E-state index contributed by atoms with van der Waals surface area (Å²) in [6, 6.07) is 9.61. The fraction of sp³-hybridized carbons (Fsp3) is 0.0526. The van der Waals surface area contributed by atoms with Gasteiger partial charge in [0, 0.05) is 39.5 Å². The van der Waals surface area contributed by atoms with Gasteiger partial charge < -0.3 is 9.72 Å². The number of hydrogen-bond acceptors (Lipinski definition) is 5. The van der Waals surface area contributed by atoms with Crippen molar-refractivity contribution in [3.05, 3.63) is 65.3 Å². The van der Waals surface area contributed by atoms with Crippen LogP contribution in [0.25, 0.3) is 28.0 Å². The van der Waals surface area contributed by atoms with Gasteiger partial charge in [-0.2, -0.15) is 10.4 Å². The summed E-state index contributed by atoms with van der Waals surface area (Å²) >= 11 is 3.47. The smallest absolute Gasteiger partial charge is 0.141 e. The Morgan fingerprint density at radius 1 is 1.33 bits per heavy atom. The van der Waals surface area contributed by atoms with Crippen LogP contribution < -0.4 is 4.74 Å². The number of nitrogens with one attached hydrogen (secondary N) is 1.